The van der Waals surface area contributed by atoms with E-state index in [1.807, 2.05) is 25.1 Å². The van der Waals surface area contributed by atoms with Crippen LogP contribution in [0.2, 0.25) is 5.02 Å². The highest BCUT2D eigenvalue weighted by atomic mass is 35.5. The van der Waals surface area contributed by atoms with Gasteiger partial charge in [-0.25, -0.2) is 4.79 Å². The van der Waals surface area contributed by atoms with Gasteiger partial charge >= 0.3 is 6.03 Å². The molecular weight excluding hydrogens is 354 g/mol. The number of methoxy groups -OCH3 is 1. The molecule has 3 amide bonds. The number of nitrogens with zero attached hydrogens (tertiary/aromatic N) is 1. The van der Waals surface area contributed by atoms with Gasteiger partial charge in [0, 0.05) is 24.7 Å². The number of rotatable bonds is 5. The first-order valence-corrected chi connectivity index (χ1v) is 8.45. The van der Waals surface area contributed by atoms with Crippen molar-refractivity contribution in [3.63, 3.8) is 0 Å². The van der Waals surface area contributed by atoms with Crippen LogP contribution in [0.3, 0.4) is 0 Å². The van der Waals surface area contributed by atoms with Crippen LogP contribution in [0, 0.1) is 0 Å². The van der Waals surface area contributed by atoms with Crippen LogP contribution in [0.1, 0.15) is 25.5 Å². The molecule has 1 atom stereocenters. The van der Waals surface area contributed by atoms with Crippen molar-refractivity contribution in [2.75, 3.05) is 24.8 Å². The minimum atomic E-state index is -0.323. The number of urea groups is 1. The van der Waals surface area contributed by atoms with Gasteiger partial charge in [-0.1, -0.05) is 29.8 Å². The first kappa shape index (κ1) is 19.6. The third-order valence-electron chi connectivity index (χ3n) is 4.02. The normalized spacial score (nSPS) is 11.4. The lowest BCUT2D eigenvalue weighted by atomic mass is 10.1. The lowest BCUT2D eigenvalue weighted by Gasteiger charge is -2.26. The second-order valence-electron chi connectivity index (χ2n) is 5.83. The molecule has 2 aromatic carbocycles. The Labute approximate surface area is 158 Å². The number of nitrogens with one attached hydrogen (secondary N) is 2. The smallest absolute Gasteiger partial charge is 0.322 e. The van der Waals surface area contributed by atoms with Gasteiger partial charge in [0.2, 0.25) is 5.91 Å². The highest BCUT2D eigenvalue weighted by molar-refractivity contribution is 6.31. The van der Waals surface area contributed by atoms with Gasteiger partial charge in [-0.3, -0.25) is 4.79 Å². The molecule has 2 rings (SSSR count). The molecule has 0 heterocycles. The van der Waals surface area contributed by atoms with Crippen LogP contribution in [0.4, 0.5) is 16.2 Å². The van der Waals surface area contributed by atoms with Gasteiger partial charge in [-0.15, -0.1) is 0 Å². The number of ether oxygens (including phenoxy) is 1. The Morgan fingerprint density at radius 1 is 1.15 bits per heavy atom. The second kappa shape index (κ2) is 8.58. The maximum absolute atomic E-state index is 12.7. The van der Waals surface area contributed by atoms with E-state index in [2.05, 4.69) is 10.6 Å². The van der Waals surface area contributed by atoms with Crippen molar-refractivity contribution >= 4 is 34.9 Å². The molecule has 7 heteroatoms. The van der Waals surface area contributed by atoms with Crippen LogP contribution >= 0.6 is 11.6 Å². The zero-order valence-corrected chi connectivity index (χ0v) is 15.9. The summed E-state index contributed by atoms with van der Waals surface area (Å²) in [5.41, 5.74) is 1.88. The number of halogens is 1. The van der Waals surface area contributed by atoms with E-state index < -0.39 is 0 Å². The Bertz CT molecular complexity index is 810. The summed E-state index contributed by atoms with van der Waals surface area (Å²) < 4.78 is 5.28. The van der Waals surface area contributed by atoms with Crippen LogP contribution in [0.25, 0.3) is 0 Å². The standard InChI is InChI=1S/C19H22ClN3O3/c1-12(15-7-5-6-8-16(15)20)23(3)19(25)22-17-11-14(21-13(2)24)9-10-18(17)26-4/h5-12H,1-4H3,(H,21,24)(H,22,25). The quantitative estimate of drug-likeness (QED) is 0.806. The Balaban J connectivity index is 2.20. The zero-order chi connectivity index (χ0) is 19.3. The van der Waals surface area contributed by atoms with E-state index in [0.717, 1.165) is 5.56 Å². The summed E-state index contributed by atoms with van der Waals surface area (Å²) in [6.07, 6.45) is 0. The third-order valence-corrected chi connectivity index (χ3v) is 4.36. The number of carbonyl (C=O) groups is 2. The maximum Gasteiger partial charge on any atom is 0.322 e. The maximum atomic E-state index is 12.7. The molecule has 0 saturated carbocycles. The molecule has 0 radical (unpaired) electrons. The van der Waals surface area contributed by atoms with Crippen molar-refractivity contribution in [2.24, 2.45) is 0 Å². The molecular formula is C19H22ClN3O3. The Kier molecular flexibility index (Phi) is 6.46. The topological polar surface area (TPSA) is 70.7 Å². The van der Waals surface area contributed by atoms with Gasteiger partial charge in [-0.2, -0.15) is 0 Å². The Morgan fingerprint density at radius 2 is 1.85 bits per heavy atom. The van der Waals surface area contributed by atoms with Crippen LogP contribution < -0.4 is 15.4 Å². The highest BCUT2D eigenvalue weighted by Gasteiger charge is 2.20. The average Bonchev–Trinajstić information content (AvgIpc) is 2.60. The molecule has 0 fully saturated rings. The minimum Gasteiger partial charge on any atom is -0.495 e. The number of hydrogen-bond acceptors (Lipinski definition) is 3. The Hall–Kier alpha value is -2.73. The van der Waals surface area contributed by atoms with Crippen molar-refractivity contribution < 1.29 is 14.3 Å². The van der Waals surface area contributed by atoms with Gasteiger partial charge in [-0.05, 0) is 36.8 Å². The van der Waals surface area contributed by atoms with Crippen LogP contribution in [-0.2, 0) is 4.79 Å². The lowest BCUT2D eigenvalue weighted by molar-refractivity contribution is -0.114. The van der Waals surface area contributed by atoms with Crippen LogP contribution in [0.5, 0.6) is 5.75 Å². The molecule has 1 unspecified atom stereocenters. The number of anilines is 2. The van der Waals surface area contributed by atoms with E-state index in [1.54, 1.807) is 36.2 Å². The number of amides is 3. The van der Waals surface area contributed by atoms with Gasteiger partial charge in [0.1, 0.15) is 5.75 Å². The monoisotopic (exact) mass is 375 g/mol. The van der Waals surface area contributed by atoms with Gasteiger partial charge < -0.3 is 20.3 Å². The minimum absolute atomic E-state index is 0.197. The summed E-state index contributed by atoms with van der Waals surface area (Å²) in [4.78, 5) is 25.5. The van der Waals surface area contributed by atoms with Crippen LogP contribution in [0.15, 0.2) is 42.5 Å². The van der Waals surface area contributed by atoms with E-state index in [9.17, 15) is 9.59 Å². The predicted molar refractivity (Wildman–Crippen MR) is 104 cm³/mol. The number of benzene rings is 2. The summed E-state index contributed by atoms with van der Waals surface area (Å²) in [6.45, 7) is 3.31. The highest BCUT2D eigenvalue weighted by Crippen LogP contribution is 2.30. The lowest BCUT2D eigenvalue weighted by Crippen LogP contribution is -2.33. The summed E-state index contributed by atoms with van der Waals surface area (Å²) in [5.74, 6) is 0.295. The van der Waals surface area contributed by atoms with E-state index in [-0.39, 0.29) is 18.0 Å². The predicted octanol–water partition coefficient (Wildman–Crippen LogP) is 4.53. The zero-order valence-electron chi connectivity index (χ0n) is 15.2. The van der Waals surface area contributed by atoms with Crippen molar-refractivity contribution in [3.8, 4) is 5.75 Å². The molecule has 26 heavy (non-hydrogen) atoms. The summed E-state index contributed by atoms with van der Waals surface area (Å²) >= 11 is 6.23. The van der Waals surface area contributed by atoms with Crippen molar-refractivity contribution in [2.45, 2.75) is 19.9 Å². The first-order chi connectivity index (χ1) is 12.3. The molecule has 6 nitrogen and oxygen atoms in total. The van der Waals surface area contributed by atoms with E-state index in [0.29, 0.717) is 22.1 Å². The van der Waals surface area contributed by atoms with Crippen molar-refractivity contribution in [1.82, 2.24) is 4.90 Å². The fourth-order valence-corrected chi connectivity index (χ4v) is 2.78. The average molecular weight is 376 g/mol. The number of carbonyl (C=O) groups excluding carboxylic acids is 2. The van der Waals surface area contributed by atoms with Gasteiger partial charge in [0.05, 0.1) is 18.8 Å². The molecule has 0 aliphatic heterocycles. The molecule has 0 aliphatic carbocycles. The molecule has 2 N–H and O–H groups in total. The fourth-order valence-electron chi connectivity index (χ4n) is 2.49. The van der Waals surface area contributed by atoms with Crippen LogP contribution in [-0.4, -0.2) is 31.0 Å². The Morgan fingerprint density at radius 3 is 2.46 bits per heavy atom. The van der Waals surface area contributed by atoms with E-state index in [4.69, 9.17) is 16.3 Å². The van der Waals surface area contributed by atoms with Gasteiger partial charge in [0.25, 0.3) is 0 Å². The number of hydrogen-bond donors (Lipinski definition) is 2. The van der Waals surface area contributed by atoms with E-state index in [1.165, 1.54) is 14.0 Å². The summed E-state index contributed by atoms with van der Waals surface area (Å²) in [7, 11) is 3.20. The molecule has 2 aromatic rings. The third kappa shape index (κ3) is 4.67. The van der Waals surface area contributed by atoms with E-state index >= 15 is 0 Å². The molecule has 0 aliphatic rings. The molecule has 0 bridgehead atoms. The summed E-state index contributed by atoms with van der Waals surface area (Å²) in [5, 5.41) is 6.09. The van der Waals surface area contributed by atoms with Crippen molar-refractivity contribution in [1.29, 1.82) is 0 Å². The SMILES string of the molecule is COc1ccc(NC(C)=O)cc1NC(=O)N(C)C(C)c1ccccc1Cl. The second-order valence-corrected chi connectivity index (χ2v) is 6.24. The first-order valence-electron chi connectivity index (χ1n) is 8.07. The van der Waals surface area contributed by atoms with Gasteiger partial charge in [0.15, 0.2) is 0 Å². The van der Waals surface area contributed by atoms with Crippen molar-refractivity contribution in [3.05, 3.63) is 53.1 Å². The summed E-state index contributed by atoms with van der Waals surface area (Å²) in [6, 6.07) is 11.9. The fraction of sp³-hybridized carbons (Fsp3) is 0.263. The molecule has 138 valence electrons. The molecule has 0 saturated heterocycles. The molecule has 0 spiro atoms. The largest absolute Gasteiger partial charge is 0.495 e. The molecule has 0 aromatic heterocycles.